The SMILES string of the molecule is COc1ccc(Br)cc1-c1nccc(Cl)c1Cl. The van der Waals surface area contributed by atoms with Crippen molar-refractivity contribution in [1.29, 1.82) is 0 Å². The van der Waals surface area contributed by atoms with Crippen molar-refractivity contribution >= 4 is 39.1 Å². The summed E-state index contributed by atoms with van der Waals surface area (Å²) >= 11 is 15.5. The van der Waals surface area contributed by atoms with E-state index in [0.29, 0.717) is 21.5 Å². The van der Waals surface area contributed by atoms with Gasteiger partial charge in [0.05, 0.1) is 22.8 Å². The van der Waals surface area contributed by atoms with Gasteiger partial charge in [-0.25, -0.2) is 0 Å². The van der Waals surface area contributed by atoms with Crippen LogP contribution in [0.5, 0.6) is 5.75 Å². The molecule has 0 aliphatic rings. The van der Waals surface area contributed by atoms with Gasteiger partial charge in [-0.05, 0) is 24.3 Å². The van der Waals surface area contributed by atoms with E-state index in [9.17, 15) is 0 Å². The second kappa shape index (κ2) is 5.25. The lowest BCUT2D eigenvalue weighted by Crippen LogP contribution is -1.91. The van der Waals surface area contributed by atoms with Gasteiger partial charge >= 0.3 is 0 Å². The summed E-state index contributed by atoms with van der Waals surface area (Å²) in [6.45, 7) is 0. The van der Waals surface area contributed by atoms with Gasteiger partial charge in [-0.3, -0.25) is 4.98 Å². The highest BCUT2D eigenvalue weighted by Crippen LogP contribution is 2.37. The van der Waals surface area contributed by atoms with E-state index in [-0.39, 0.29) is 0 Å². The second-order valence-corrected chi connectivity index (χ2v) is 5.00. The van der Waals surface area contributed by atoms with Crippen molar-refractivity contribution in [1.82, 2.24) is 4.98 Å². The number of benzene rings is 1. The highest BCUT2D eigenvalue weighted by molar-refractivity contribution is 9.10. The smallest absolute Gasteiger partial charge is 0.128 e. The average Bonchev–Trinajstić information content (AvgIpc) is 2.33. The van der Waals surface area contributed by atoms with Gasteiger partial charge in [0.15, 0.2) is 0 Å². The van der Waals surface area contributed by atoms with Gasteiger partial charge in [0, 0.05) is 16.2 Å². The summed E-state index contributed by atoms with van der Waals surface area (Å²) in [5.41, 5.74) is 1.41. The van der Waals surface area contributed by atoms with E-state index in [1.54, 1.807) is 19.4 Å². The zero-order chi connectivity index (χ0) is 12.4. The van der Waals surface area contributed by atoms with Crippen molar-refractivity contribution in [3.05, 3.63) is 45.0 Å². The fraction of sp³-hybridized carbons (Fsp3) is 0.0833. The van der Waals surface area contributed by atoms with Crippen molar-refractivity contribution in [2.45, 2.75) is 0 Å². The van der Waals surface area contributed by atoms with E-state index in [0.717, 1.165) is 10.0 Å². The van der Waals surface area contributed by atoms with Gasteiger partial charge in [-0.1, -0.05) is 39.1 Å². The molecule has 5 heteroatoms. The van der Waals surface area contributed by atoms with E-state index in [4.69, 9.17) is 27.9 Å². The molecule has 1 aromatic carbocycles. The summed E-state index contributed by atoms with van der Waals surface area (Å²) < 4.78 is 6.21. The molecule has 2 aromatic rings. The first kappa shape index (κ1) is 12.7. The maximum absolute atomic E-state index is 6.14. The molecule has 0 spiro atoms. The van der Waals surface area contributed by atoms with E-state index < -0.39 is 0 Å². The summed E-state index contributed by atoms with van der Waals surface area (Å²) in [4.78, 5) is 4.24. The molecule has 0 saturated heterocycles. The Hall–Kier alpha value is -0.770. The molecule has 0 unspecified atom stereocenters. The minimum absolute atomic E-state index is 0.422. The summed E-state index contributed by atoms with van der Waals surface area (Å²) in [6.07, 6.45) is 1.61. The maximum Gasteiger partial charge on any atom is 0.128 e. The molecule has 0 aliphatic heterocycles. The number of pyridine rings is 1. The van der Waals surface area contributed by atoms with Crippen LogP contribution in [0.25, 0.3) is 11.3 Å². The van der Waals surface area contributed by atoms with E-state index in [1.807, 2.05) is 18.2 Å². The molecule has 0 aliphatic carbocycles. The lowest BCUT2D eigenvalue weighted by molar-refractivity contribution is 0.416. The van der Waals surface area contributed by atoms with Gasteiger partial charge < -0.3 is 4.74 Å². The zero-order valence-corrected chi connectivity index (χ0v) is 12.0. The van der Waals surface area contributed by atoms with Crippen molar-refractivity contribution in [2.24, 2.45) is 0 Å². The summed E-state index contributed by atoms with van der Waals surface area (Å²) in [5.74, 6) is 0.699. The third-order valence-electron chi connectivity index (χ3n) is 2.26. The quantitative estimate of drug-likeness (QED) is 0.786. The molecule has 2 nitrogen and oxygen atoms in total. The molecule has 0 amide bonds. The van der Waals surface area contributed by atoms with Crippen LogP contribution in [-0.4, -0.2) is 12.1 Å². The van der Waals surface area contributed by atoms with Gasteiger partial charge in [0.2, 0.25) is 0 Å². The van der Waals surface area contributed by atoms with E-state index in [2.05, 4.69) is 20.9 Å². The van der Waals surface area contributed by atoms with Crippen LogP contribution in [0.1, 0.15) is 0 Å². The number of methoxy groups -OCH3 is 1. The Kier molecular flexibility index (Phi) is 3.92. The number of ether oxygens (including phenoxy) is 1. The number of hydrogen-bond acceptors (Lipinski definition) is 2. The Bertz CT molecular complexity index is 560. The largest absolute Gasteiger partial charge is 0.496 e. The molecule has 0 N–H and O–H groups in total. The standard InChI is InChI=1S/C12H8BrCl2NO/c1-17-10-3-2-7(13)6-8(10)12-11(15)9(14)4-5-16-12/h2-6H,1H3. The molecule has 0 radical (unpaired) electrons. The molecule has 0 saturated carbocycles. The Morgan fingerprint density at radius 3 is 2.71 bits per heavy atom. The lowest BCUT2D eigenvalue weighted by Gasteiger charge is -2.10. The summed E-state index contributed by atoms with van der Waals surface area (Å²) in [7, 11) is 1.60. The lowest BCUT2D eigenvalue weighted by atomic mass is 10.1. The first-order valence-corrected chi connectivity index (χ1v) is 6.32. The van der Waals surface area contributed by atoms with Crippen LogP contribution in [0, 0.1) is 0 Å². The Labute approximate surface area is 118 Å². The van der Waals surface area contributed by atoms with Crippen LogP contribution in [-0.2, 0) is 0 Å². The number of rotatable bonds is 2. The normalized spacial score (nSPS) is 10.4. The fourth-order valence-corrected chi connectivity index (χ4v) is 2.19. The summed E-state index contributed by atoms with van der Waals surface area (Å²) in [6, 6.07) is 7.28. The fourth-order valence-electron chi connectivity index (χ4n) is 1.47. The van der Waals surface area contributed by atoms with Crippen LogP contribution >= 0.6 is 39.1 Å². The Morgan fingerprint density at radius 1 is 1.24 bits per heavy atom. The number of aromatic nitrogens is 1. The van der Waals surface area contributed by atoms with E-state index in [1.165, 1.54) is 0 Å². The van der Waals surface area contributed by atoms with Crippen molar-refractivity contribution in [3.63, 3.8) is 0 Å². The van der Waals surface area contributed by atoms with Crippen molar-refractivity contribution < 1.29 is 4.74 Å². The van der Waals surface area contributed by atoms with Gasteiger partial charge in [0.1, 0.15) is 5.75 Å². The van der Waals surface area contributed by atoms with Crippen molar-refractivity contribution in [3.8, 4) is 17.0 Å². The Balaban J connectivity index is 2.67. The molecule has 0 fully saturated rings. The second-order valence-electron chi connectivity index (χ2n) is 3.30. The molecule has 0 atom stereocenters. The van der Waals surface area contributed by atoms with Crippen LogP contribution in [0.3, 0.4) is 0 Å². The average molecular weight is 333 g/mol. The third kappa shape index (κ3) is 2.57. The van der Waals surface area contributed by atoms with Crippen LogP contribution < -0.4 is 4.74 Å². The zero-order valence-electron chi connectivity index (χ0n) is 8.88. The third-order valence-corrected chi connectivity index (χ3v) is 3.55. The Morgan fingerprint density at radius 2 is 2.00 bits per heavy atom. The van der Waals surface area contributed by atoms with Gasteiger partial charge in [-0.2, -0.15) is 0 Å². The van der Waals surface area contributed by atoms with Crippen LogP contribution in [0.2, 0.25) is 10.0 Å². The molecule has 0 bridgehead atoms. The van der Waals surface area contributed by atoms with Gasteiger partial charge in [0.25, 0.3) is 0 Å². The minimum atomic E-state index is 0.422. The first-order valence-electron chi connectivity index (χ1n) is 4.77. The highest BCUT2D eigenvalue weighted by Gasteiger charge is 2.13. The monoisotopic (exact) mass is 331 g/mol. The van der Waals surface area contributed by atoms with Crippen LogP contribution in [0.15, 0.2) is 34.9 Å². The molecular formula is C12H8BrCl2NO. The van der Waals surface area contributed by atoms with Gasteiger partial charge in [-0.15, -0.1) is 0 Å². The van der Waals surface area contributed by atoms with E-state index >= 15 is 0 Å². The van der Waals surface area contributed by atoms with Crippen LogP contribution in [0.4, 0.5) is 0 Å². The predicted octanol–water partition coefficient (Wildman–Crippen LogP) is 4.83. The number of hydrogen-bond donors (Lipinski definition) is 0. The maximum atomic E-state index is 6.14. The predicted molar refractivity (Wildman–Crippen MR) is 73.9 cm³/mol. The first-order chi connectivity index (χ1) is 8.13. The number of nitrogens with zero attached hydrogens (tertiary/aromatic N) is 1. The molecule has 1 heterocycles. The highest BCUT2D eigenvalue weighted by atomic mass is 79.9. The summed E-state index contributed by atoms with van der Waals surface area (Å²) in [5, 5.41) is 0.893. The number of halogens is 3. The molecular weight excluding hydrogens is 325 g/mol. The molecule has 1 aromatic heterocycles. The molecule has 17 heavy (non-hydrogen) atoms. The molecule has 2 rings (SSSR count). The topological polar surface area (TPSA) is 22.1 Å². The minimum Gasteiger partial charge on any atom is -0.496 e. The molecule has 88 valence electrons. The van der Waals surface area contributed by atoms with Crippen molar-refractivity contribution in [2.75, 3.05) is 7.11 Å².